The van der Waals surface area contributed by atoms with Gasteiger partial charge in [-0.2, -0.15) is 0 Å². The van der Waals surface area contributed by atoms with Crippen molar-refractivity contribution in [1.29, 1.82) is 0 Å². The Morgan fingerprint density at radius 3 is 2.48 bits per heavy atom. The summed E-state index contributed by atoms with van der Waals surface area (Å²) in [4.78, 5) is 13.0. The van der Waals surface area contributed by atoms with Gasteiger partial charge in [0.15, 0.2) is 0 Å². The Kier molecular flexibility index (Phi) is 6.13. The molecule has 27 heavy (non-hydrogen) atoms. The Labute approximate surface area is 159 Å². The summed E-state index contributed by atoms with van der Waals surface area (Å²) >= 11 is 0. The van der Waals surface area contributed by atoms with Gasteiger partial charge >= 0.3 is 0 Å². The molecular formula is C20H25N3O4. The molecule has 2 aromatic rings. The van der Waals surface area contributed by atoms with Crippen molar-refractivity contribution in [1.82, 2.24) is 4.90 Å². The van der Waals surface area contributed by atoms with Gasteiger partial charge in [0.1, 0.15) is 11.5 Å². The molecule has 2 aromatic carbocycles. The minimum Gasteiger partial charge on any atom is -0.496 e. The summed E-state index contributed by atoms with van der Waals surface area (Å²) in [6.45, 7) is 2.76. The van der Waals surface area contributed by atoms with E-state index < -0.39 is 0 Å². The molecule has 0 saturated carbocycles. The van der Waals surface area contributed by atoms with Gasteiger partial charge in [-0.1, -0.05) is 18.2 Å². The van der Waals surface area contributed by atoms with E-state index in [9.17, 15) is 10.1 Å². The van der Waals surface area contributed by atoms with E-state index in [1.165, 1.54) is 11.6 Å². The molecule has 1 aliphatic heterocycles. The van der Waals surface area contributed by atoms with Crippen molar-refractivity contribution in [3.05, 3.63) is 58.1 Å². The lowest BCUT2D eigenvalue weighted by Crippen LogP contribution is -2.38. The molecule has 1 heterocycles. The molecule has 1 saturated heterocycles. The molecule has 1 N–H and O–H groups in total. The van der Waals surface area contributed by atoms with Gasteiger partial charge in [-0.15, -0.1) is 0 Å². The highest BCUT2D eigenvalue weighted by Gasteiger charge is 2.22. The topological polar surface area (TPSA) is 76.9 Å². The first-order valence-electron chi connectivity index (χ1n) is 9.04. The van der Waals surface area contributed by atoms with Crippen LogP contribution >= 0.6 is 0 Å². The van der Waals surface area contributed by atoms with Crippen LogP contribution in [0.1, 0.15) is 18.4 Å². The zero-order valence-corrected chi connectivity index (χ0v) is 15.7. The highest BCUT2D eigenvalue weighted by Crippen LogP contribution is 2.31. The van der Waals surface area contributed by atoms with E-state index in [0.29, 0.717) is 11.4 Å². The average molecular weight is 371 g/mol. The van der Waals surface area contributed by atoms with Crippen LogP contribution < -0.4 is 14.8 Å². The van der Waals surface area contributed by atoms with Crippen molar-refractivity contribution < 1.29 is 14.4 Å². The van der Waals surface area contributed by atoms with Crippen LogP contribution in [-0.4, -0.2) is 43.2 Å². The normalized spacial score (nSPS) is 15.3. The number of rotatable bonds is 7. The maximum Gasteiger partial charge on any atom is 0.271 e. The van der Waals surface area contributed by atoms with Gasteiger partial charge < -0.3 is 14.8 Å². The number of piperidine rings is 1. The molecule has 3 rings (SSSR count). The predicted octanol–water partition coefficient (Wildman–Crippen LogP) is 3.69. The number of hydrogen-bond donors (Lipinski definition) is 1. The lowest BCUT2D eigenvalue weighted by atomic mass is 10.0. The highest BCUT2D eigenvalue weighted by molar-refractivity contribution is 5.62. The van der Waals surface area contributed by atoms with Gasteiger partial charge in [0.2, 0.25) is 0 Å². The van der Waals surface area contributed by atoms with Crippen molar-refractivity contribution in [3.63, 3.8) is 0 Å². The van der Waals surface area contributed by atoms with Crippen LogP contribution in [0.4, 0.5) is 11.4 Å². The van der Waals surface area contributed by atoms with Gasteiger partial charge in [-0.3, -0.25) is 15.0 Å². The maximum absolute atomic E-state index is 11.0. The van der Waals surface area contributed by atoms with Crippen LogP contribution in [0.15, 0.2) is 42.5 Å². The third-order valence-corrected chi connectivity index (χ3v) is 4.93. The molecule has 0 bridgehead atoms. The second-order valence-electron chi connectivity index (χ2n) is 6.65. The molecule has 7 nitrogen and oxygen atoms in total. The lowest BCUT2D eigenvalue weighted by Gasteiger charge is -2.33. The first-order valence-corrected chi connectivity index (χ1v) is 9.04. The van der Waals surface area contributed by atoms with Gasteiger partial charge in [0.25, 0.3) is 5.69 Å². The molecule has 0 spiro atoms. The number of non-ortho nitro benzene ring substituents is 1. The zero-order chi connectivity index (χ0) is 19.2. The molecule has 1 fully saturated rings. The van der Waals surface area contributed by atoms with E-state index in [1.807, 2.05) is 18.2 Å². The van der Waals surface area contributed by atoms with Crippen LogP contribution in [0.25, 0.3) is 0 Å². The lowest BCUT2D eigenvalue weighted by molar-refractivity contribution is -0.384. The van der Waals surface area contributed by atoms with E-state index in [4.69, 9.17) is 9.47 Å². The minimum absolute atomic E-state index is 0.0620. The monoisotopic (exact) mass is 371 g/mol. The quantitative estimate of drug-likeness (QED) is 0.591. The van der Waals surface area contributed by atoms with Crippen LogP contribution in [0, 0.1) is 10.1 Å². The standard InChI is InChI=1S/C20H25N3O4/c1-26-19-6-4-3-5-15(19)14-22-11-9-16(10-12-22)21-18-13-17(23(24)25)7-8-20(18)27-2/h3-8,13,16,21H,9-12,14H2,1-2H3. The van der Waals surface area contributed by atoms with E-state index in [0.717, 1.165) is 38.2 Å². The zero-order valence-electron chi connectivity index (χ0n) is 15.7. The third-order valence-electron chi connectivity index (χ3n) is 4.93. The van der Waals surface area contributed by atoms with Crippen LogP contribution in [0.3, 0.4) is 0 Å². The Morgan fingerprint density at radius 1 is 1.11 bits per heavy atom. The Morgan fingerprint density at radius 2 is 1.81 bits per heavy atom. The fourth-order valence-corrected chi connectivity index (χ4v) is 3.45. The number of anilines is 1. The molecule has 0 radical (unpaired) electrons. The van der Waals surface area contributed by atoms with Crippen molar-refractivity contribution in [2.45, 2.75) is 25.4 Å². The summed E-state index contributed by atoms with van der Waals surface area (Å²) in [7, 11) is 3.27. The molecule has 144 valence electrons. The second kappa shape index (κ2) is 8.73. The Hall–Kier alpha value is -2.80. The first kappa shape index (κ1) is 19.0. The van der Waals surface area contributed by atoms with Crippen molar-refractivity contribution >= 4 is 11.4 Å². The van der Waals surface area contributed by atoms with Crippen LogP contribution in [0.5, 0.6) is 11.5 Å². The molecule has 0 amide bonds. The first-order chi connectivity index (χ1) is 13.1. The van der Waals surface area contributed by atoms with E-state index in [2.05, 4.69) is 16.3 Å². The van der Waals surface area contributed by atoms with E-state index in [-0.39, 0.29) is 16.7 Å². The number of nitrogens with one attached hydrogen (secondary N) is 1. The molecule has 0 unspecified atom stereocenters. The van der Waals surface area contributed by atoms with E-state index >= 15 is 0 Å². The smallest absolute Gasteiger partial charge is 0.271 e. The number of likely N-dealkylation sites (tertiary alicyclic amines) is 1. The maximum atomic E-state index is 11.0. The van der Waals surface area contributed by atoms with Crippen LogP contribution in [-0.2, 0) is 6.54 Å². The third kappa shape index (κ3) is 4.68. The second-order valence-corrected chi connectivity index (χ2v) is 6.65. The number of nitrogens with zero attached hydrogens (tertiary/aromatic N) is 2. The molecule has 1 aliphatic rings. The van der Waals surface area contributed by atoms with Crippen molar-refractivity contribution in [2.24, 2.45) is 0 Å². The SMILES string of the molecule is COc1ccccc1CN1CCC(Nc2cc([N+](=O)[O-])ccc2OC)CC1. The number of benzene rings is 2. The Bertz CT molecular complexity index is 789. The fraction of sp³-hybridized carbons (Fsp3) is 0.400. The number of nitro benzene ring substituents is 1. The summed E-state index contributed by atoms with van der Waals surface area (Å²) in [5, 5.41) is 14.5. The number of nitro groups is 1. The molecule has 0 aliphatic carbocycles. The summed E-state index contributed by atoms with van der Waals surface area (Å²) < 4.78 is 10.8. The van der Waals surface area contributed by atoms with Gasteiger partial charge in [-0.25, -0.2) is 0 Å². The summed E-state index contributed by atoms with van der Waals surface area (Å²) in [5.74, 6) is 1.54. The molecule has 7 heteroatoms. The fourth-order valence-electron chi connectivity index (χ4n) is 3.45. The van der Waals surface area contributed by atoms with Crippen molar-refractivity contribution in [3.8, 4) is 11.5 Å². The number of hydrogen-bond acceptors (Lipinski definition) is 6. The molecule has 0 aromatic heterocycles. The molecule has 0 atom stereocenters. The van der Waals surface area contributed by atoms with Gasteiger partial charge in [0.05, 0.1) is 24.8 Å². The number of methoxy groups -OCH3 is 2. The van der Waals surface area contributed by atoms with Gasteiger partial charge in [0, 0.05) is 43.4 Å². The average Bonchev–Trinajstić information content (AvgIpc) is 2.69. The summed E-state index contributed by atoms with van der Waals surface area (Å²) in [5.41, 5.74) is 1.92. The largest absolute Gasteiger partial charge is 0.496 e. The van der Waals surface area contributed by atoms with E-state index in [1.54, 1.807) is 26.4 Å². The number of ether oxygens (including phenoxy) is 2. The Balaban J connectivity index is 1.60. The van der Waals surface area contributed by atoms with Crippen LogP contribution in [0.2, 0.25) is 0 Å². The molecular weight excluding hydrogens is 346 g/mol. The highest BCUT2D eigenvalue weighted by atomic mass is 16.6. The minimum atomic E-state index is -0.388. The van der Waals surface area contributed by atoms with Crippen molar-refractivity contribution in [2.75, 3.05) is 32.6 Å². The predicted molar refractivity (Wildman–Crippen MR) is 105 cm³/mol. The summed E-state index contributed by atoms with van der Waals surface area (Å²) in [6.07, 6.45) is 1.92. The van der Waals surface area contributed by atoms with Gasteiger partial charge in [-0.05, 0) is 25.0 Å². The number of para-hydroxylation sites is 1. The summed E-state index contributed by atoms with van der Waals surface area (Å²) in [6, 6.07) is 13.0.